The summed E-state index contributed by atoms with van der Waals surface area (Å²) in [6, 6.07) is -0.255. The van der Waals surface area contributed by atoms with Gasteiger partial charge in [0.05, 0.1) is 6.04 Å². The van der Waals surface area contributed by atoms with Crippen LogP contribution in [0.2, 0.25) is 0 Å². The Kier molecular flexibility index (Phi) is 5.80. The van der Waals surface area contributed by atoms with E-state index in [1.165, 1.54) is 11.8 Å². The molecule has 0 fully saturated rings. The Morgan fingerprint density at radius 3 is 2.58 bits per heavy atom. The maximum atomic E-state index is 10.9. The topological polar surface area (TPSA) is 37.4 Å². The van der Waals surface area contributed by atoms with E-state index in [0.29, 0.717) is 0 Å². The van der Waals surface area contributed by atoms with Gasteiger partial charge in [0.1, 0.15) is 6.29 Å². The molecule has 0 bridgehead atoms. The molecule has 0 aromatic heterocycles. The standard InChI is InChI=1S/C8H15NO2S/c1-7(11)9(2)8(6-10)4-5-12-3/h6,8H,4-5H2,1-3H3. The maximum absolute atomic E-state index is 10.9. The van der Waals surface area contributed by atoms with Crippen LogP contribution in [0.4, 0.5) is 0 Å². The smallest absolute Gasteiger partial charge is 0.219 e. The molecule has 0 aromatic rings. The summed E-state index contributed by atoms with van der Waals surface area (Å²) in [5.74, 6) is 0.842. The Labute approximate surface area is 77.5 Å². The quantitative estimate of drug-likeness (QED) is 0.600. The summed E-state index contributed by atoms with van der Waals surface area (Å²) in [7, 11) is 1.65. The summed E-state index contributed by atoms with van der Waals surface area (Å²) in [5, 5.41) is 0. The molecule has 0 saturated carbocycles. The van der Waals surface area contributed by atoms with E-state index in [2.05, 4.69) is 0 Å². The van der Waals surface area contributed by atoms with Gasteiger partial charge in [0.15, 0.2) is 0 Å². The lowest BCUT2D eigenvalue weighted by Gasteiger charge is -2.21. The van der Waals surface area contributed by atoms with Crippen molar-refractivity contribution in [3.05, 3.63) is 0 Å². The van der Waals surface area contributed by atoms with Crippen molar-refractivity contribution in [3.8, 4) is 0 Å². The molecule has 0 saturated heterocycles. The number of carbonyl (C=O) groups is 2. The van der Waals surface area contributed by atoms with Crippen LogP contribution in [0.1, 0.15) is 13.3 Å². The van der Waals surface area contributed by atoms with Gasteiger partial charge >= 0.3 is 0 Å². The number of aldehydes is 1. The number of likely N-dealkylation sites (N-methyl/N-ethyl adjacent to an activating group) is 1. The third-order valence-electron chi connectivity index (χ3n) is 1.77. The van der Waals surface area contributed by atoms with Gasteiger partial charge < -0.3 is 9.69 Å². The molecule has 0 aromatic carbocycles. The largest absolute Gasteiger partial charge is 0.336 e. The van der Waals surface area contributed by atoms with Gasteiger partial charge in [-0.25, -0.2) is 0 Å². The SMILES string of the molecule is CSCCC(C=O)N(C)C(C)=O. The first-order valence-electron chi connectivity index (χ1n) is 3.81. The predicted molar refractivity (Wildman–Crippen MR) is 51.3 cm³/mol. The number of hydrogen-bond donors (Lipinski definition) is 0. The molecule has 0 aliphatic carbocycles. The summed E-state index contributed by atoms with van der Waals surface area (Å²) >= 11 is 1.68. The predicted octanol–water partition coefficient (Wildman–Crippen LogP) is 0.785. The lowest BCUT2D eigenvalue weighted by Crippen LogP contribution is -2.36. The normalized spacial score (nSPS) is 12.2. The first-order chi connectivity index (χ1) is 5.63. The highest BCUT2D eigenvalue weighted by Crippen LogP contribution is 2.04. The molecule has 0 spiro atoms. The van der Waals surface area contributed by atoms with Crippen LogP contribution in [0.25, 0.3) is 0 Å². The van der Waals surface area contributed by atoms with Gasteiger partial charge in [0.25, 0.3) is 0 Å². The zero-order chi connectivity index (χ0) is 9.56. The minimum Gasteiger partial charge on any atom is -0.336 e. The average Bonchev–Trinajstić information content (AvgIpc) is 2.05. The van der Waals surface area contributed by atoms with E-state index in [9.17, 15) is 9.59 Å². The van der Waals surface area contributed by atoms with Crippen LogP contribution in [0.15, 0.2) is 0 Å². The molecule has 70 valence electrons. The monoisotopic (exact) mass is 189 g/mol. The molecule has 0 rings (SSSR count). The fourth-order valence-electron chi connectivity index (χ4n) is 0.825. The van der Waals surface area contributed by atoms with Crippen molar-refractivity contribution in [3.63, 3.8) is 0 Å². The van der Waals surface area contributed by atoms with Gasteiger partial charge in [0.2, 0.25) is 5.91 Å². The zero-order valence-corrected chi connectivity index (χ0v) is 8.56. The summed E-state index contributed by atoms with van der Waals surface area (Å²) in [6.07, 6.45) is 3.55. The van der Waals surface area contributed by atoms with Gasteiger partial charge in [-0.2, -0.15) is 11.8 Å². The minimum absolute atomic E-state index is 0.0618. The molecular formula is C8H15NO2S. The molecule has 12 heavy (non-hydrogen) atoms. The Balaban J connectivity index is 3.95. The summed E-state index contributed by atoms with van der Waals surface area (Å²) in [6.45, 7) is 1.47. The van der Waals surface area contributed by atoms with Crippen molar-refractivity contribution in [1.29, 1.82) is 0 Å². The van der Waals surface area contributed by atoms with Crippen LogP contribution in [-0.4, -0.2) is 42.2 Å². The number of thioether (sulfide) groups is 1. The van der Waals surface area contributed by atoms with Crippen LogP contribution in [0.3, 0.4) is 0 Å². The average molecular weight is 189 g/mol. The molecule has 0 aliphatic rings. The maximum Gasteiger partial charge on any atom is 0.219 e. The van der Waals surface area contributed by atoms with Gasteiger partial charge in [-0.1, -0.05) is 0 Å². The van der Waals surface area contributed by atoms with E-state index in [1.54, 1.807) is 18.8 Å². The Hall–Kier alpha value is -0.510. The number of carbonyl (C=O) groups excluding carboxylic acids is 2. The molecular weight excluding hydrogens is 174 g/mol. The van der Waals surface area contributed by atoms with Gasteiger partial charge in [-0.3, -0.25) is 4.79 Å². The molecule has 0 aliphatic heterocycles. The summed E-state index contributed by atoms with van der Waals surface area (Å²) in [5.41, 5.74) is 0. The van der Waals surface area contributed by atoms with Crippen LogP contribution >= 0.6 is 11.8 Å². The Morgan fingerprint density at radius 2 is 2.25 bits per heavy atom. The lowest BCUT2D eigenvalue weighted by atomic mass is 10.2. The number of nitrogens with zero attached hydrogens (tertiary/aromatic N) is 1. The molecule has 1 atom stereocenters. The van der Waals surface area contributed by atoms with Gasteiger partial charge in [0, 0.05) is 14.0 Å². The first-order valence-corrected chi connectivity index (χ1v) is 5.20. The fourth-order valence-corrected chi connectivity index (χ4v) is 1.30. The lowest BCUT2D eigenvalue weighted by molar-refractivity contribution is -0.132. The number of amides is 1. The molecule has 3 nitrogen and oxygen atoms in total. The van der Waals surface area contributed by atoms with Crippen molar-refractivity contribution in [2.24, 2.45) is 0 Å². The zero-order valence-electron chi connectivity index (χ0n) is 7.74. The number of rotatable bonds is 5. The highest BCUT2D eigenvalue weighted by molar-refractivity contribution is 7.98. The summed E-state index contributed by atoms with van der Waals surface area (Å²) in [4.78, 5) is 22.9. The van der Waals surface area contributed by atoms with Gasteiger partial charge in [-0.15, -0.1) is 0 Å². The number of hydrogen-bond acceptors (Lipinski definition) is 3. The highest BCUT2D eigenvalue weighted by Gasteiger charge is 2.14. The second-order valence-electron chi connectivity index (χ2n) is 2.61. The third-order valence-corrected chi connectivity index (χ3v) is 2.41. The Bertz CT molecular complexity index is 161. The van der Waals surface area contributed by atoms with Crippen molar-refractivity contribution in [2.75, 3.05) is 19.1 Å². The van der Waals surface area contributed by atoms with E-state index < -0.39 is 0 Å². The van der Waals surface area contributed by atoms with Crippen LogP contribution < -0.4 is 0 Å². The second kappa shape index (κ2) is 6.06. The molecule has 0 N–H and O–H groups in total. The molecule has 0 heterocycles. The van der Waals surface area contributed by atoms with Crippen molar-refractivity contribution >= 4 is 24.0 Å². The van der Waals surface area contributed by atoms with Crippen LogP contribution in [-0.2, 0) is 9.59 Å². The minimum atomic E-state index is -0.255. The van der Waals surface area contributed by atoms with Gasteiger partial charge in [-0.05, 0) is 18.4 Å². The van der Waals surface area contributed by atoms with E-state index in [0.717, 1.165) is 18.5 Å². The van der Waals surface area contributed by atoms with Crippen molar-refractivity contribution in [2.45, 2.75) is 19.4 Å². The third kappa shape index (κ3) is 3.76. The van der Waals surface area contributed by atoms with E-state index in [1.807, 2.05) is 6.26 Å². The van der Waals surface area contributed by atoms with E-state index in [4.69, 9.17) is 0 Å². The molecule has 0 radical (unpaired) electrons. The molecule has 1 unspecified atom stereocenters. The molecule has 1 amide bonds. The van der Waals surface area contributed by atoms with Crippen LogP contribution in [0.5, 0.6) is 0 Å². The second-order valence-corrected chi connectivity index (χ2v) is 3.60. The van der Waals surface area contributed by atoms with Crippen molar-refractivity contribution < 1.29 is 9.59 Å². The van der Waals surface area contributed by atoms with Crippen molar-refractivity contribution in [1.82, 2.24) is 4.90 Å². The van der Waals surface area contributed by atoms with Crippen LogP contribution in [0, 0.1) is 0 Å². The molecule has 4 heteroatoms. The van der Waals surface area contributed by atoms with E-state index >= 15 is 0 Å². The Morgan fingerprint density at radius 1 is 1.67 bits per heavy atom. The van der Waals surface area contributed by atoms with E-state index in [-0.39, 0.29) is 11.9 Å². The fraction of sp³-hybridized carbons (Fsp3) is 0.750. The first kappa shape index (κ1) is 11.5. The highest BCUT2D eigenvalue weighted by atomic mass is 32.2. The summed E-state index contributed by atoms with van der Waals surface area (Å²) < 4.78 is 0.